The van der Waals surface area contributed by atoms with E-state index in [1.807, 2.05) is 0 Å². The Hall–Kier alpha value is -5.03. The van der Waals surface area contributed by atoms with E-state index in [4.69, 9.17) is 4.74 Å². The van der Waals surface area contributed by atoms with Crippen LogP contribution in [-0.4, -0.2) is 40.6 Å². The van der Waals surface area contributed by atoms with E-state index in [2.05, 4.69) is 37.3 Å². The number of hydrogen-bond donors (Lipinski definition) is 3. The van der Waals surface area contributed by atoms with E-state index in [1.54, 1.807) is 85.2 Å². The Kier molecular flexibility index (Phi) is 6.12. The first-order chi connectivity index (χ1) is 17.5. The quantitative estimate of drug-likeness (QED) is 0.225. The molecule has 1 unspecified atom stereocenters. The molecule has 11 nitrogen and oxygen atoms in total. The van der Waals surface area contributed by atoms with E-state index >= 15 is 0 Å². The maximum Gasteiger partial charge on any atom is 0.299 e. The summed E-state index contributed by atoms with van der Waals surface area (Å²) in [7, 11) is 1.80. The average Bonchev–Trinajstić information content (AvgIpc) is 3.29. The Bertz CT molecular complexity index is 1600. The molecule has 4 heterocycles. The number of fused-ring (bicyclic) bond motifs is 1. The van der Waals surface area contributed by atoms with Crippen LogP contribution in [0.4, 0.5) is 17.3 Å². The van der Waals surface area contributed by atoms with Crippen LogP contribution in [0.5, 0.6) is 11.5 Å². The number of aryl methyl sites for hydroxylation is 1. The highest BCUT2D eigenvalue weighted by Gasteiger charge is 2.16. The number of hydrogen-bond acceptors (Lipinski definition) is 9. The molecule has 0 bridgehead atoms. The normalized spacial score (nSPS) is 11.7. The van der Waals surface area contributed by atoms with E-state index in [9.17, 15) is 9.90 Å². The van der Waals surface area contributed by atoms with Crippen molar-refractivity contribution in [2.24, 2.45) is 7.05 Å². The highest BCUT2D eigenvalue weighted by Crippen LogP contribution is 2.25. The SMILES string of the molecule is C=CC(O)Nc1cccc(-n2c(=O)c(Oc3ccncc3)cc3cnc(Nc4cnn(C)c4)nc32)c1. The van der Waals surface area contributed by atoms with Gasteiger partial charge in [0.1, 0.15) is 12.0 Å². The third-order valence-corrected chi connectivity index (χ3v) is 5.19. The van der Waals surface area contributed by atoms with Gasteiger partial charge in [-0.2, -0.15) is 10.1 Å². The molecule has 0 saturated heterocycles. The molecule has 0 aliphatic heterocycles. The molecule has 0 spiro atoms. The standard InChI is InChI=1S/C25H22N8O3/c1-3-22(34)29-17-5-4-6-19(12-17)33-23-16(11-21(24(33)35)36-20-7-9-26-10-8-20)13-27-25(31-23)30-18-14-28-32(2)15-18/h3-15,22,29,34H,1H2,2H3,(H,27,30,31). The van der Waals surface area contributed by atoms with Crippen molar-refractivity contribution in [3.05, 3.63) is 96.5 Å². The Morgan fingerprint density at radius 3 is 2.72 bits per heavy atom. The van der Waals surface area contributed by atoms with Crippen LogP contribution in [-0.2, 0) is 7.05 Å². The molecule has 0 aliphatic rings. The third-order valence-electron chi connectivity index (χ3n) is 5.19. The van der Waals surface area contributed by atoms with Crippen LogP contribution in [0.3, 0.4) is 0 Å². The predicted molar refractivity (Wildman–Crippen MR) is 136 cm³/mol. The second kappa shape index (κ2) is 9.68. The molecule has 3 N–H and O–H groups in total. The van der Waals surface area contributed by atoms with Crippen LogP contribution in [0.2, 0.25) is 0 Å². The van der Waals surface area contributed by atoms with Gasteiger partial charge in [0.15, 0.2) is 11.4 Å². The number of aromatic nitrogens is 6. The Balaban J connectivity index is 1.66. The molecule has 36 heavy (non-hydrogen) atoms. The van der Waals surface area contributed by atoms with Gasteiger partial charge in [-0.1, -0.05) is 12.6 Å². The van der Waals surface area contributed by atoms with Crippen LogP contribution in [0, 0.1) is 0 Å². The number of anilines is 3. The lowest BCUT2D eigenvalue weighted by Gasteiger charge is -2.15. The summed E-state index contributed by atoms with van der Waals surface area (Å²) in [5.74, 6) is 0.853. The highest BCUT2D eigenvalue weighted by atomic mass is 16.5. The van der Waals surface area contributed by atoms with Crippen molar-refractivity contribution in [3.63, 3.8) is 0 Å². The lowest BCUT2D eigenvalue weighted by atomic mass is 10.2. The minimum atomic E-state index is -0.951. The molecule has 0 radical (unpaired) electrons. The molecular formula is C25H22N8O3. The van der Waals surface area contributed by atoms with Gasteiger partial charge < -0.3 is 20.5 Å². The van der Waals surface area contributed by atoms with Crippen molar-refractivity contribution in [2.75, 3.05) is 10.6 Å². The molecule has 5 rings (SSSR count). The van der Waals surface area contributed by atoms with Gasteiger partial charge >= 0.3 is 0 Å². The number of aliphatic hydroxyl groups is 1. The lowest BCUT2D eigenvalue weighted by Crippen LogP contribution is -2.22. The number of nitrogens with one attached hydrogen (secondary N) is 2. The van der Waals surface area contributed by atoms with E-state index < -0.39 is 11.8 Å². The fourth-order valence-corrected chi connectivity index (χ4v) is 3.56. The van der Waals surface area contributed by atoms with Gasteiger partial charge in [-0.05, 0) is 42.5 Å². The summed E-state index contributed by atoms with van der Waals surface area (Å²) >= 11 is 0. The summed E-state index contributed by atoms with van der Waals surface area (Å²) in [6, 6.07) is 11.9. The van der Waals surface area contributed by atoms with Gasteiger partial charge in [-0.25, -0.2) is 4.98 Å². The molecule has 0 fully saturated rings. The zero-order valence-electron chi connectivity index (χ0n) is 19.2. The summed E-state index contributed by atoms with van der Waals surface area (Å²) in [5.41, 5.74) is 1.74. The molecule has 1 aromatic carbocycles. The van der Waals surface area contributed by atoms with Crippen LogP contribution in [0.1, 0.15) is 0 Å². The Morgan fingerprint density at radius 1 is 1.14 bits per heavy atom. The lowest BCUT2D eigenvalue weighted by molar-refractivity contribution is 0.253. The number of rotatable bonds is 8. The van der Waals surface area contributed by atoms with Crippen molar-refractivity contribution in [1.29, 1.82) is 0 Å². The van der Waals surface area contributed by atoms with E-state index in [-0.39, 0.29) is 5.75 Å². The number of aliphatic hydroxyl groups excluding tert-OH is 1. The maximum absolute atomic E-state index is 13.7. The number of pyridine rings is 2. The van der Waals surface area contributed by atoms with Crippen LogP contribution >= 0.6 is 0 Å². The molecule has 0 saturated carbocycles. The molecule has 0 amide bonds. The zero-order chi connectivity index (χ0) is 25.1. The Morgan fingerprint density at radius 2 is 1.97 bits per heavy atom. The first-order valence-electron chi connectivity index (χ1n) is 10.9. The summed E-state index contributed by atoms with van der Waals surface area (Å²) in [4.78, 5) is 26.7. The molecule has 4 aromatic heterocycles. The van der Waals surface area contributed by atoms with Crippen molar-refractivity contribution in [3.8, 4) is 17.2 Å². The fourth-order valence-electron chi connectivity index (χ4n) is 3.56. The fraction of sp³-hybridized carbons (Fsp3) is 0.0800. The predicted octanol–water partition coefficient (Wildman–Crippen LogP) is 3.36. The van der Waals surface area contributed by atoms with Crippen molar-refractivity contribution < 1.29 is 9.84 Å². The minimum absolute atomic E-state index is 0.0924. The summed E-state index contributed by atoms with van der Waals surface area (Å²) in [5, 5.41) is 20.6. The van der Waals surface area contributed by atoms with Crippen molar-refractivity contribution in [1.82, 2.24) is 29.3 Å². The molecule has 0 aliphatic carbocycles. The van der Waals surface area contributed by atoms with Gasteiger partial charge in [-0.3, -0.25) is 19.0 Å². The first kappa shape index (κ1) is 22.7. The monoisotopic (exact) mass is 482 g/mol. The summed E-state index contributed by atoms with van der Waals surface area (Å²) in [6.45, 7) is 3.57. The molecule has 5 aromatic rings. The minimum Gasteiger partial charge on any atom is -0.451 e. The van der Waals surface area contributed by atoms with E-state index in [0.29, 0.717) is 39.8 Å². The van der Waals surface area contributed by atoms with Crippen LogP contribution < -0.4 is 20.9 Å². The maximum atomic E-state index is 13.7. The summed E-state index contributed by atoms with van der Waals surface area (Å²) in [6.07, 6.45) is 8.61. The summed E-state index contributed by atoms with van der Waals surface area (Å²) < 4.78 is 8.98. The molecule has 11 heteroatoms. The van der Waals surface area contributed by atoms with Gasteiger partial charge in [0, 0.05) is 42.9 Å². The highest BCUT2D eigenvalue weighted by molar-refractivity contribution is 5.79. The third kappa shape index (κ3) is 4.76. The topological polar surface area (TPSA) is 132 Å². The number of nitrogens with zero attached hydrogens (tertiary/aromatic N) is 6. The van der Waals surface area contributed by atoms with Crippen molar-refractivity contribution >= 4 is 28.4 Å². The van der Waals surface area contributed by atoms with Crippen LogP contribution in [0.25, 0.3) is 16.7 Å². The molecule has 180 valence electrons. The van der Waals surface area contributed by atoms with E-state index in [0.717, 1.165) is 0 Å². The van der Waals surface area contributed by atoms with Crippen molar-refractivity contribution in [2.45, 2.75) is 6.23 Å². The first-order valence-corrected chi connectivity index (χ1v) is 10.9. The zero-order valence-corrected chi connectivity index (χ0v) is 19.2. The number of benzene rings is 1. The van der Waals surface area contributed by atoms with Gasteiger partial charge in [0.25, 0.3) is 5.56 Å². The van der Waals surface area contributed by atoms with Gasteiger partial charge in [0.05, 0.1) is 17.6 Å². The second-order valence-corrected chi connectivity index (χ2v) is 7.81. The smallest absolute Gasteiger partial charge is 0.299 e. The van der Waals surface area contributed by atoms with Gasteiger partial charge in [0.2, 0.25) is 5.95 Å². The Labute approximate surface area is 205 Å². The second-order valence-electron chi connectivity index (χ2n) is 7.81. The molecule has 1 atom stereocenters. The van der Waals surface area contributed by atoms with Gasteiger partial charge in [-0.15, -0.1) is 0 Å². The number of ether oxygens (including phenoxy) is 1. The molecular weight excluding hydrogens is 460 g/mol. The average molecular weight is 483 g/mol. The van der Waals surface area contributed by atoms with Crippen LogP contribution in [0.15, 0.2) is 90.9 Å². The largest absolute Gasteiger partial charge is 0.451 e. The van der Waals surface area contributed by atoms with E-state index in [1.165, 1.54) is 10.6 Å².